The molecule has 0 spiro atoms. The molecule has 0 radical (unpaired) electrons. The van der Waals surface area contributed by atoms with E-state index in [1.807, 2.05) is 18.2 Å². The number of nitrogens with two attached hydrogens (primary N) is 1. The van der Waals surface area contributed by atoms with Gasteiger partial charge >= 0.3 is 0 Å². The quantitative estimate of drug-likeness (QED) is 0.868. The van der Waals surface area contributed by atoms with Gasteiger partial charge in [-0.15, -0.1) is 0 Å². The summed E-state index contributed by atoms with van der Waals surface area (Å²) in [5.74, 6) is 0.425. The fourth-order valence-corrected chi connectivity index (χ4v) is 2.06. The highest BCUT2D eigenvalue weighted by atomic mass is 79.9. The molecule has 0 amide bonds. The van der Waals surface area contributed by atoms with E-state index in [9.17, 15) is 4.39 Å². The molecule has 2 N–H and O–H groups in total. The molecule has 0 fully saturated rings. The normalized spacial score (nSPS) is 10.4. The van der Waals surface area contributed by atoms with E-state index in [0.29, 0.717) is 23.6 Å². The second kappa shape index (κ2) is 5.40. The number of ether oxygens (including phenoxy) is 1. The minimum atomic E-state index is -0.226. The fourth-order valence-electron chi connectivity index (χ4n) is 1.55. The summed E-state index contributed by atoms with van der Waals surface area (Å²) in [5.41, 5.74) is 7.92. The van der Waals surface area contributed by atoms with Gasteiger partial charge in [0.05, 0.1) is 0 Å². The molecule has 0 aliphatic heterocycles. The lowest BCUT2D eigenvalue weighted by molar-refractivity contribution is 0.304. The van der Waals surface area contributed by atoms with Crippen molar-refractivity contribution >= 4 is 21.6 Å². The molecule has 0 heterocycles. The number of benzene rings is 2. The smallest absolute Gasteiger partial charge is 0.126 e. The van der Waals surface area contributed by atoms with Gasteiger partial charge in [-0.25, -0.2) is 4.39 Å². The Bertz CT molecular complexity index is 572. The van der Waals surface area contributed by atoms with Gasteiger partial charge in [0, 0.05) is 15.7 Å². The van der Waals surface area contributed by atoms with Crippen molar-refractivity contribution in [2.24, 2.45) is 0 Å². The van der Waals surface area contributed by atoms with Gasteiger partial charge in [-0.1, -0.05) is 22.0 Å². The van der Waals surface area contributed by atoms with E-state index in [-0.39, 0.29) is 5.82 Å². The lowest BCUT2D eigenvalue weighted by Crippen LogP contribution is -1.98. The first-order chi connectivity index (χ1) is 8.56. The summed E-state index contributed by atoms with van der Waals surface area (Å²) in [6.07, 6.45) is 0. The van der Waals surface area contributed by atoms with Gasteiger partial charge in [-0.3, -0.25) is 0 Å². The van der Waals surface area contributed by atoms with E-state index in [2.05, 4.69) is 15.9 Å². The largest absolute Gasteiger partial charge is 0.489 e. The summed E-state index contributed by atoms with van der Waals surface area (Å²) < 4.78 is 19.6. The van der Waals surface area contributed by atoms with Gasteiger partial charge in [0.1, 0.15) is 18.2 Å². The van der Waals surface area contributed by atoms with Crippen LogP contribution in [0.4, 0.5) is 10.1 Å². The number of halogens is 2. The van der Waals surface area contributed by atoms with E-state index >= 15 is 0 Å². The van der Waals surface area contributed by atoms with E-state index in [0.717, 1.165) is 10.0 Å². The summed E-state index contributed by atoms with van der Waals surface area (Å²) in [7, 11) is 0. The minimum absolute atomic E-state index is 0.226. The third-order valence-electron chi connectivity index (χ3n) is 2.60. The van der Waals surface area contributed by atoms with Crippen LogP contribution < -0.4 is 10.5 Å². The van der Waals surface area contributed by atoms with Crippen molar-refractivity contribution in [1.82, 2.24) is 0 Å². The summed E-state index contributed by atoms with van der Waals surface area (Å²) in [5, 5.41) is 0. The Hall–Kier alpha value is -1.55. The fraction of sp³-hybridized carbons (Fsp3) is 0.143. The van der Waals surface area contributed by atoms with Crippen LogP contribution in [0.1, 0.15) is 11.1 Å². The first-order valence-corrected chi connectivity index (χ1v) is 6.28. The molecule has 18 heavy (non-hydrogen) atoms. The maximum Gasteiger partial charge on any atom is 0.126 e. The Morgan fingerprint density at radius 3 is 2.67 bits per heavy atom. The van der Waals surface area contributed by atoms with Crippen molar-refractivity contribution < 1.29 is 9.13 Å². The molecule has 2 nitrogen and oxygen atoms in total. The average Bonchev–Trinajstić information content (AvgIpc) is 2.32. The van der Waals surface area contributed by atoms with Gasteiger partial charge in [-0.2, -0.15) is 0 Å². The first kappa shape index (κ1) is 12.9. The SMILES string of the molecule is Cc1cc(OCc2ccc(N)cc2Br)ccc1F. The molecule has 0 atom stereocenters. The van der Waals surface area contributed by atoms with Crippen LogP contribution >= 0.6 is 15.9 Å². The Morgan fingerprint density at radius 2 is 2.00 bits per heavy atom. The van der Waals surface area contributed by atoms with Crippen molar-refractivity contribution in [3.05, 3.63) is 57.8 Å². The lowest BCUT2D eigenvalue weighted by atomic mass is 10.2. The highest BCUT2D eigenvalue weighted by molar-refractivity contribution is 9.10. The number of anilines is 1. The Labute approximate surface area is 114 Å². The maximum atomic E-state index is 13.1. The molecule has 2 aromatic carbocycles. The van der Waals surface area contributed by atoms with Crippen LogP contribution in [0.3, 0.4) is 0 Å². The van der Waals surface area contributed by atoms with Crippen LogP contribution in [-0.4, -0.2) is 0 Å². The second-order valence-electron chi connectivity index (χ2n) is 4.05. The standard InChI is InChI=1S/C14H13BrFNO/c1-9-6-12(4-5-14(9)16)18-8-10-2-3-11(17)7-13(10)15/h2-7H,8,17H2,1H3. The molecule has 0 unspecified atom stereocenters. The van der Waals surface area contributed by atoms with Crippen molar-refractivity contribution in [2.75, 3.05) is 5.73 Å². The number of hydrogen-bond acceptors (Lipinski definition) is 2. The molecule has 2 aromatic rings. The Morgan fingerprint density at radius 1 is 1.22 bits per heavy atom. The Kier molecular flexibility index (Phi) is 3.87. The monoisotopic (exact) mass is 309 g/mol. The number of aryl methyl sites for hydroxylation is 1. The summed E-state index contributed by atoms with van der Waals surface area (Å²) in [4.78, 5) is 0. The van der Waals surface area contributed by atoms with Gasteiger partial charge in [0.25, 0.3) is 0 Å². The number of hydrogen-bond donors (Lipinski definition) is 1. The second-order valence-corrected chi connectivity index (χ2v) is 4.90. The predicted octanol–water partition coefficient (Wildman–Crippen LogP) is 4.06. The summed E-state index contributed by atoms with van der Waals surface area (Å²) >= 11 is 3.43. The summed E-state index contributed by atoms with van der Waals surface area (Å²) in [6.45, 7) is 2.12. The molecule has 0 aliphatic rings. The van der Waals surface area contributed by atoms with Gasteiger partial charge < -0.3 is 10.5 Å². The molecule has 2 rings (SSSR count). The first-order valence-electron chi connectivity index (χ1n) is 5.49. The van der Waals surface area contributed by atoms with E-state index in [1.54, 1.807) is 19.1 Å². The van der Waals surface area contributed by atoms with Crippen LogP contribution in [0, 0.1) is 12.7 Å². The highest BCUT2D eigenvalue weighted by Crippen LogP contribution is 2.22. The maximum absolute atomic E-state index is 13.1. The molecular weight excluding hydrogens is 297 g/mol. The van der Waals surface area contributed by atoms with Crippen LogP contribution in [0.25, 0.3) is 0 Å². The van der Waals surface area contributed by atoms with Crippen LogP contribution in [0.15, 0.2) is 40.9 Å². The van der Waals surface area contributed by atoms with E-state index < -0.39 is 0 Å². The number of rotatable bonds is 3. The Balaban J connectivity index is 2.09. The topological polar surface area (TPSA) is 35.2 Å². The van der Waals surface area contributed by atoms with E-state index in [1.165, 1.54) is 6.07 Å². The molecule has 0 aromatic heterocycles. The third-order valence-corrected chi connectivity index (χ3v) is 3.34. The highest BCUT2D eigenvalue weighted by Gasteiger charge is 2.03. The van der Waals surface area contributed by atoms with Crippen molar-refractivity contribution in [3.8, 4) is 5.75 Å². The zero-order valence-corrected chi connectivity index (χ0v) is 11.5. The zero-order chi connectivity index (χ0) is 13.1. The molecule has 4 heteroatoms. The lowest BCUT2D eigenvalue weighted by Gasteiger charge is -2.09. The van der Waals surface area contributed by atoms with Crippen LogP contribution in [0.2, 0.25) is 0 Å². The molecule has 0 bridgehead atoms. The summed E-state index contributed by atoms with van der Waals surface area (Å²) in [6, 6.07) is 10.3. The molecule has 0 saturated carbocycles. The average molecular weight is 310 g/mol. The van der Waals surface area contributed by atoms with E-state index in [4.69, 9.17) is 10.5 Å². The van der Waals surface area contributed by atoms with Gasteiger partial charge in [0.15, 0.2) is 0 Å². The third kappa shape index (κ3) is 3.01. The molecular formula is C14H13BrFNO. The van der Waals surface area contributed by atoms with Crippen molar-refractivity contribution in [1.29, 1.82) is 0 Å². The van der Waals surface area contributed by atoms with Crippen LogP contribution in [-0.2, 0) is 6.61 Å². The molecule has 94 valence electrons. The molecule has 0 aliphatic carbocycles. The van der Waals surface area contributed by atoms with Gasteiger partial charge in [-0.05, 0) is 42.8 Å². The zero-order valence-electron chi connectivity index (χ0n) is 9.91. The minimum Gasteiger partial charge on any atom is -0.489 e. The van der Waals surface area contributed by atoms with Crippen LogP contribution in [0.5, 0.6) is 5.75 Å². The van der Waals surface area contributed by atoms with Crippen molar-refractivity contribution in [2.45, 2.75) is 13.5 Å². The van der Waals surface area contributed by atoms with Crippen molar-refractivity contribution in [3.63, 3.8) is 0 Å². The predicted molar refractivity (Wildman–Crippen MR) is 74.0 cm³/mol. The number of nitrogen functional groups attached to an aromatic ring is 1. The molecule has 0 saturated heterocycles. The van der Waals surface area contributed by atoms with Gasteiger partial charge in [0.2, 0.25) is 0 Å².